The Kier molecular flexibility index (Phi) is 11.7. The summed E-state index contributed by atoms with van der Waals surface area (Å²) in [6, 6.07) is 3.15. The summed E-state index contributed by atoms with van der Waals surface area (Å²) in [4.78, 5) is 61.9. The lowest BCUT2D eigenvalue weighted by molar-refractivity contribution is -0.143. The zero-order valence-electron chi connectivity index (χ0n) is 32.4. The molecule has 2 aromatic rings. The molecule has 16 heteroatoms. The number of aryl methyl sites for hydroxylation is 1. The lowest BCUT2D eigenvalue weighted by Crippen LogP contribution is -2.60. The number of likely N-dealkylation sites (tertiary alicyclic amines) is 1. The molecular formula is C39H54N6O9S. The molecule has 1 aromatic carbocycles. The largest absolute Gasteiger partial charge is 0.496 e. The molecule has 300 valence electrons. The Morgan fingerprint density at radius 3 is 2.36 bits per heavy atom. The Bertz CT molecular complexity index is 1920. The van der Waals surface area contributed by atoms with Crippen LogP contribution in [0.2, 0.25) is 0 Å². The van der Waals surface area contributed by atoms with Gasteiger partial charge in [0.2, 0.25) is 11.8 Å². The van der Waals surface area contributed by atoms with Crippen LogP contribution in [-0.4, -0.2) is 103 Å². The lowest BCUT2D eigenvalue weighted by Gasteiger charge is -2.35. The molecular weight excluding hydrogens is 729 g/mol. The van der Waals surface area contributed by atoms with E-state index in [-0.39, 0.29) is 25.5 Å². The molecule has 55 heavy (non-hydrogen) atoms. The van der Waals surface area contributed by atoms with E-state index in [2.05, 4.69) is 26.9 Å². The van der Waals surface area contributed by atoms with Crippen LogP contribution < -0.4 is 24.8 Å². The number of rotatable bonds is 12. The number of piperidine rings is 1. The van der Waals surface area contributed by atoms with Gasteiger partial charge in [-0.3, -0.25) is 19.4 Å². The molecule has 4 fully saturated rings. The van der Waals surface area contributed by atoms with E-state index < -0.39 is 69.1 Å². The molecule has 0 bridgehead atoms. The van der Waals surface area contributed by atoms with Crippen LogP contribution >= 0.6 is 0 Å². The summed E-state index contributed by atoms with van der Waals surface area (Å²) in [5, 5.41) is 6.33. The van der Waals surface area contributed by atoms with Gasteiger partial charge in [0.15, 0.2) is 0 Å². The second kappa shape index (κ2) is 16.0. The predicted molar refractivity (Wildman–Crippen MR) is 204 cm³/mol. The fourth-order valence-electron chi connectivity index (χ4n) is 8.03. The molecule has 0 spiro atoms. The Morgan fingerprint density at radius 2 is 1.73 bits per heavy atom. The second-order valence-corrected chi connectivity index (χ2v) is 17.9. The standard InChI is InChI=1S/C39H54N6O9S/c1-7-25-22-39(25,36(48)43-55(50,51)44-19-11-8-12-20-44)42-34(46)29-21-27(53-31-17-18-40-32-24(2)30(52-6)16-15-28(31)32)23-45(29)35(47)33(38(3,4)5)41-37(49)54-26-13-9-10-14-26/h7,15-18,25-27,29,33H,1,8-14,19-23H2,2-6H3,(H,41,49)(H,42,46)(H,43,48)/t25-,27-,29-,33-,39-/m1/s1. The van der Waals surface area contributed by atoms with E-state index in [9.17, 15) is 27.6 Å². The van der Waals surface area contributed by atoms with Gasteiger partial charge in [-0.05, 0) is 75.5 Å². The lowest BCUT2D eigenvalue weighted by atomic mass is 9.85. The number of fused-ring (bicyclic) bond motifs is 1. The maximum absolute atomic E-state index is 14.6. The summed E-state index contributed by atoms with van der Waals surface area (Å²) in [6.45, 7) is 11.7. The van der Waals surface area contributed by atoms with E-state index in [4.69, 9.17) is 14.2 Å². The number of alkyl carbamates (subject to hydrolysis) is 1. The molecule has 15 nitrogen and oxygen atoms in total. The van der Waals surface area contributed by atoms with Crippen molar-refractivity contribution in [2.45, 2.75) is 115 Å². The predicted octanol–water partition coefficient (Wildman–Crippen LogP) is 3.89. The molecule has 1 aromatic heterocycles. The van der Waals surface area contributed by atoms with Gasteiger partial charge in [-0.1, -0.05) is 33.3 Å². The number of methoxy groups -OCH3 is 1. The number of aromatic nitrogens is 1. The van der Waals surface area contributed by atoms with Crippen LogP contribution in [0.1, 0.15) is 84.1 Å². The van der Waals surface area contributed by atoms with E-state index in [1.165, 1.54) is 15.3 Å². The maximum Gasteiger partial charge on any atom is 0.408 e. The highest BCUT2D eigenvalue weighted by Crippen LogP contribution is 2.45. The molecule has 0 radical (unpaired) electrons. The molecule has 2 aliphatic carbocycles. The van der Waals surface area contributed by atoms with Crippen molar-refractivity contribution in [1.29, 1.82) is 0 Å². The molecule has 2 saturated heterocycles. The van der Waals surface area contributed by atoms with Crippen LogP contribution in [0.15, 0.2) is 37.1 Å². The quantitative estimate of drug-likeness (QED) is 0.267. The Hall–Kier alpha value is -4.44. The number of hydrogen-bond donors (Lipinski definition) is 3. The average Bonchev–Trinajstić information content (AvgIpc) is 3.41. The summed E-state index contributed by atoms with van der Waals surface area (Å²) in [6.07, 6.45) is 7.39. The number of carbonyl (C=O) groups excluding carboxylic acids is 4. The van der Waals surface area contributed by atoms with Crippen molar-refractivity contribution in [3.63, 3.8) is 0 Å². The van der Waals surface area contributed by atoms with E-state index in [1.54, 1.807) is 19.4 Å². The summed E-state index contributed by atoms with van der Waals surface area (Å²) in [5.74, 6) is -1.42. The van der Waals surface area contributed by atoms with Crippen molar-refractivity contribution < 1.29 is 41.8 Å². The van der Waals surface area contributed by atoms with E-state index in [0.717, 1.165) is 37.7 Å². The third-order valence-electron chi connectivity index (χ3n) is 11.3. The molecule has 4 amide bonds. The Balaban J connectivity index is 1.27. The maximum atomic E-state index is 14.6. The highest BCUT2D eigenvalue weighted by atomic mass is 32.2. The van der Waals surface area contributed by atoms with E-state index >= 15 is 0 Å². The van der Waals surface area contributed by atoms with E-state index in [0.29, 0.717) is 48.3 Å². The van der Waals surface area contributed by atoms with Crippen molar-refractivity contribution in [2.75, 3.05) is 26.7 Å². The molecule has 0 unspecified atom stereocenters. The van der Waals surface area contributed by atoms with Crippen molar-refractivity contribution in [3.8, 4) is 11.5 Å². The normalized spacial score (nSPS) is 25.2. The summed E-state index contributed by atoms with van der Waals surface area (Å²) >= 11 is 0. The Labute approximate surface area is 323 Å². The number of ether oxygens (including phenoxy) is 3. The zero-order chi connectivity index (χ0) is 39.7. The molecule has 6 rings (SSSR count). The number of pyridine rings is 1. The van der Waals surface area contributed by atoms with Crippen LogP contribution in [0.4, 0.5) is 4.79 Å². The van der Waals surface area contributed by atoms with Gasteiger partial charge in [0.1, 0.15) is 41.3 Å². The molecule has 2 aliphatic heterocycles. The topological polar surface area (TPSA) is 186 Å². The third kappa shape index (κ3) is 8.54. The van der Waals surface area contributed by atoms with Gasteiger partial charge in [-0.25, -0.2) is 9.52 Å². The van der Waals surface area contributed by atoms with Crippen molar-refractivity contribution in [1.82, 2.24) is 29.5 Å². The van der Waals surface area contributed by atoms with Crippen LogP contribution in [0.3, 0.4) is 0 Å². The van der Waals surface area contributed by atoms with Crippen molar-refractivity contribution in [3.05, 3.63) is 42.6 Å². The van der Waals surface area contributed by atoms with Gasteiger partial charge in [0.05, 0.1) is 19.2 Å². The fourth-order valence-corrected chi connectivity index (χ4v) is 9.32. The van der Waals surface area contributed by atoms with E-state index in [1.807, 2.05) is 39.8 Å². The monoisotopic (exact) mass is 782 g/mol. The molecule has 4 aliphatic rings. The minimum absolute atomic E-state index is 0.0186. The number of amides is 4. The van der Waals surface area contributed by atoms with Gasteiger partial charge in [-0.15, -0.1) is 6.58 Å². The van der Waals surface area contributed by atoms with Crippen LogP contribution in [0, 0.1) is 18.3 Å². The number of nitrogens with zero attached hydrogens (tertiary/aromatic N) is 3. The SMILES string of the molecule is C=C[C@@H]1C[C@]1(NC(=O)[C@H]1C[C@@H](Oc2ccnc3c(C)c(OC)ccc23)CN1C(=O)[C@@H](NC(=O)OC1CCCC1)C(C)(C)C)C(=O)NS(=O)(=O)N1CCCCC1. The van der Waals surface area contributed by atoms with Crippen molar-refractivity contribution in [2.24, 2.45) is 11.3 Å². The van der Waals surface area contributed by atoms with Gasteiger partial charge < -0.3 is 29.7 Å². The van der Waals surface area contributed by atoms with Crippen LogP contribution in [0.25, 0.3) is 10.9 Å². The average molecular weight is 783 g/mol. The highest BCUT2D eigenvalue weighted by molar-refractivity contribution is 7.87. The summed E-state index contributed by atoms with van der Waals surface area (Å²) < 4.78 is 47.5. The number of carbonyl (C=O) groups is 4. The summed E-state index contributed by atoms with van der Waals surface area (Å²) in [5.41, 5.74) is -0.883. The first kappa shape index (κ1) is 40.2. The van der Waals surface area contributed by atoms with Crippen LogP contribution in [-0.2, 0) is 29.3 Å². The minimum Gasteiger partial charge on any atom is -0.496 e. The fraction of sp³-hybridized carbons (Fsp3) is 0.615. The second-order valence-electron chi connectivity index (χ2n) is 16.2. The van der Waals surface area contributed by atoms with Gasteiger partial charge in [0, 0.05) is 42.6 Å². The number of benzene rings is 1. The first-order valence-electron chi connectivity index (χ1n) is 19.2. The Morgan fingerprint density at radius 1 is 1.02 bits per heavy atom. The smallest absolute Gasteiger partial charge is 0.408 e. The highest BCUT2D eigenvalue weighted by Gasteiger charge is 2.62. The summed E-state index contributed by atoms with van der Waals surface area (Å²) in [7, 11) is -2.57. The van der Waals surface area contributed by atoms with Crippen molar-refractivity contribution >= 4 is 44.9 Å². The van der Waals surface area contributed by atoms with Gasteiger partial charge in [-0.2, -0.15) is 12.7 Å². The minimum atomic E-state index is -4.15. The first-order valence-corrected chi connectivity index (χ1v) is 20.7. The molecule has 3 heterocycles. The molecule has 5 atom stereocenters. The van der Waals surface area contributed by atoms with Crippen LogP contribution in [0.5, 0.6) is 11.5 Å². The molecule has 3 N–H and O–H groups in total. The van der Waals surface area contributed by atoms with Gasteiger partial charge >= 0.3 is 16.3 Å². The van der Waals surface area contributed by atoms with Gasteiger partial charge in [0.25, 0.3) is 5.91 Å². The zero-order valence-corrected chi connectivity index (χ0v) is 33.2. The third-order valence-corrected chi connectivity index (χ3v) is 12.8. The number of nitrogens with one attached hydrogen (secondary N) is 3. The molecule has 2 saturated carbocycles. The first-order chi connectivity index (χ1) is 26.1. The number of hydrogen-bond acceptors (Lipinski definition) is 10.